The van der Waals surface area contributed by atoms with Crippen LogP contribution in [0.25, 0.3) is 0 Å². The summed E-state index contributed by atoms with van der Waals surface area (Å²) < 4.78 is 6.00. The van der Waals surface area contributed by atoms with E-state index in [4.69, 9.17) is 10.5 Å². The number of nitrogens with two attached hydrogens (primary N) is 1. The lowest BCUT2D eigenvalue weighted by Gasteiger charge is -2.18. The van der Waals surface area contributed by atoms with Gasteiger partial charge in [-0.2, -0.15) is 0 Å². The predicted octanol–water partition coefficient (Wildman–Crippen LogP) is 3.22. The number of halogens is 1. The summed E-state index contributed by atoms with van der Waals surface area (Å²) in [5, 5.41) is 2.87. The molecule has 1 aliphatic rings. The molecule has 130 valence electrons. The van der Waals surface area contributed by atoms with E-state index in [1.54, 1.807) is 0 Å². The van der Waals surface area contributed by atoms with E-state index in [0.717, 1.165) is 30.6 Å². The molecule has 2 rings (SSSR count). The molecular weight excluding hydrogens is 312 g/mol. The molecule has 1 aliphatic carbocycles. The zero-order valence-corrected chi connectivity index (χ0v) is 15.0. The van der Waals surface area contributed by atoms with Crippen molar-refractivity contribution in [1.29, 1.82) is 0 Å². The molecule has 0 spiro atoms. The van der Waals surface area contributed by atoms with Gasteiger partial charge >= 0.3 is 0 Å². The van der Waals surface area contributed by atoms with Gasteiger partial charge in [0.1, 0.15) is 5.75 Å². The van der Waals surface area contributed by atoms with Crippen molar-refractivity contribution in [2.24, 2.45) is 5.73 Å². The minimum atomic E-state index is -0.370. The summed E-state index contributed by atoms with van der Waals surface area (Å²) in [4.78, 5) is 11.8. The zero-order valence-electron chi connectivity index (χ0n) is 14.1. The summed E-state index contributed by atoms with van der Waals surface area (Å²) in [6, 6.07) is 8.10. The lowest BCUT2D eigenvalue weighted by molar-refractivity contribution is -0.121. The third kappa shape index (κ3) is 7.71. The Bertz CT molecular complexity index is 494. The minimum absolute atomic E-state index is 0. The first kappa shape index (κ1) is 19.8. The molecule has 0 saturated heterocycles. The van der Waals surface area contributed by atoms with Crippen molar-refractivity contribution in [2.75, 3.05) is 6.54 Å². The molecule has 4 nitrogen and oxygen atoms in total. The number of nitrogens with one attached hydrogen (secondary N) is 1. The van der Waals surface area contributed by atoms with Crippen LogP contribution in [0.1, 0.15) is 51.5 Å². The highest BCUT2D eigenvalue weighted by atomic mass is 35.5. The third-order valence-corrected chi connectivity index (χ3v) is 3.89. The van der Waals surface area contributed by atoms with Gasteiger partial charge in [-0.05, 0) is 63.6 Å². The molecule has 5 heteroatoms. The number of hydrogen-bond donors (Lipinski definition) is 2. The Balaban J connectivity index is 0.00000264. The average molecular weight is 341 g/mol. The van der Waals surface area contributed by atoms with E-state index >= 15 is 0 Å². The fourth-order valence-electron chi connectivity index (χ4n) is 2.65. The van der Waals surface area contributed by atoms with E-state index in [0.29, 0.717) is 19.1 Å². The standard InChI is InChI=1S/C18H28N2O2.ClH/c1-18(2,19)13-20-17(21)11-10-14-6-5-9-16(12-14)22-15-7-3-4-8-15;/h5-6,9,12,15H,3-4,7-8,10-11,13,19H2,1-2H3,(H,20,21);1H. The van der Waals surface area contributed by atoms with Gasteiger partial charge in [0.05, 0.1) is 6.10 Å². The van der Waals surface area contributed by atoms with Crippen LogP contribution in [0, 0.1) is 0 Å². The van der Waals surface area contributed by atoms with Crippen molar-refractivity contribution in [3.63, 3.8) is 0 Å². The SMILES string of the molecule is CC(C)(N)CNC(=O)CCc1cccc(OC2CCCC2)c1.Cl. The van der Waals surface area contributed by atoms with Crippen molar-refractivity contribution in [1.82, 2.24) is 5.32 Å². The van der Waals surface area contributed by atoms with Gasteiger partial charge in [-0.25, -0.2) is 0 Å². The third-order valence-electron chi connectivity index (χ3n) is 3.89. The maximum atomic E-state index is 11.8. The molecule has 0 unspecified atom stereocenters. The molecule has 1 fully saturated rings. The summed E-state index contributed by atoms with van der Waals surface area (Å²) in [7, 11) is 0. The van der Waals surface area contributed by atoms with Crippen molar-refractivity contribution in [3.05, 3.63) is 29.8 Å². The normalized spacial score (nSPS) is 15.1. The van der Waals surface area contributed by atoms with Gasteiger partial charge in [-0.3, -0.25) is 4.79 Å². The van der Waals surface area contributed by atoms with Gasteiger partial charge in [-0.1, -0.05) is 12.1 Å². The van der Waals surface area contributed by atoms with Crippen LogP contribution in [0.15, 0.2) is 24.3 Å². The number of carbonyl (C=O) groups is 1. The van der Waals surface area contributed by atoms with Crippen LogP contribution in [0.3, 0.4) is 0 Å². The van der Waals surface area contributed by atoms with Crippen LogP contribution in [-0.4, -0.2) is 24.1 Å². The highest BCUT2D eigenvalue weighted by Gasteiger charge is 2.16. The van der Waals surface area contributed by atoms with E-state index in [2.05, 4.69) is 11.4 Å². The van der Waals surface area contributed by atoms with Crippen LogP contribution in [0.4, 0.5) is 0 Å². The second-order valence-corrected chi connectivity index (χ2v) is 6.94. The molecule has 1 aromatic carbocycles. The van der Waals surface area contributed by atoms with Crippen LogP contribution >= 0.6 is 12.4 Å². The maximum absolute atomic E-state index is 11.8. The van der Waals surface area contributed by atoms with Crippen molar-refractivity contribution < 1.29 is 9.53 Å². The largest absolute Gasteiger partial charge is 0.490 e. The molecule has 0 bridgehead atoms. The van der Waals surface area contributed by atoms with Gasteiger partial charge in [0.15, 0.2) is 0 Å². The molecule has 0 aromatic heterocycles. The van der Waals surface area contributed by atoms with Crippen molar-refractivity contribution in [3.8, 4) is 5.75 Å². The van der Waals surface area contributed by atoms with Crippen molar-refractivity contribution in [2.45, 2.75) is 64.0 Å². The van der Waals surface area contributed by atoms with Gasteiger partial charge in [0, 0.05) is 18.5 Å². The molecule has 0 aliphatic heterocycles. The number of carbonyl (C=O) groups excluding carboxylic acids is 1. The number of benzene rings is 1. The Hall–Kier alpha value is -1.26. The van der Waals surface area contributed by atoms with Gasteiger partial charge < -0.3 is 15.8 Å². The number of amides is 1. The predicted molar refractivity (Wildman–Crippen MR) is 96.2 cm³/mol. The van der Waals surface area contributed by atoms with Gasteiger partial charge in [0.2, 0.25) is 5.91 Å². The van der Waals surface area contributed by atoms with Crippen LogP contribution in [-0.2, 0) is 11.2 Å². The fraction of sp³-hybridized carbons (Fsp3) is 0.611. The van der Waals surface area contributed by atoms with E-state index in [1.807, 2.05) is 32.0 Å². The quantitative estimate of drug-likeness (QED) is 0.801. The molecule has 1 saturated carbocycles. The van der Waals surface area contributed by atoms with Crippen LogP contribution < -0.4 is 15.8 Å². The molecule has 23 heavy (non-hydrogen) atoms. The lowest BCUT2D eigenvalue weighted by atomic mass is 10.1. The monoisotopic (exact) mass is 340 g/mol. The first-order chi connectivity index (χ1) is 10.4. The Morgan fingerprint density at radius 1 is 1.35 bits per heavy atom. The minimum Gasteiger partial charge on any atom is -0.490 e. The average Bonchev–Trinajstić information content (AvgIpc) is 2.95. The number of rotatable bonds is 7. The summed E-state index contributed by atoms with van der Waals surface area (Å²) in [6.45, 7) is 4.30. The van der Waals surface area contributed by atoms with Crippen molar-refractivity contribution >= 4 is 18.3 Å². The highest BCUT2D eigenvalue weighted by molar-refractivity contribution is 5.85. The van der Waals surface area contributed by atoms with Crippen LogP contribution in [0.5, 0.6) is 5.75 Å². The molecule has 0 heterocycles. The molecule has 0 radical (unpaired) electrons. The summed E-state index contributed by atoms with van der Waals surface area (Å²) in [5.74, 6) is 0.966. The first-order valence-corrected chi connectivity index (χ1v) is 8.23. The Labute approximate surface area is 145 Å². The molecule has 1 amide bonds. The summed E-state index contributed by atoms with van der Waals surface area (Å²) in [6.07, 6.45) is 6.40. The van der Waals surface area contributed by atoms with E-state index in [9.17, 15) is 4.79 Å². The second kappa shape index (κ2) is 9.14. The Morgan fingerprint density at radius 3 is 2.70 bits per heavy atom. The molecule has 0 atom stereocenters. The smallest absolute Gasteiger partial charge is 0.220 e. The fourth-order valence-corrected chi connectivity index (χ4v) is 2.65. The first-order valence-electron chi connectivity index (χ1n) is 8.23. The second-order valence-electron chi connectivity index (χ2n) is 6.94. The number of aryl methyl sites for hydroxylation is 1. The molecular formula is C18H29ClN2O2. The number of ether oxygens (including phenoxy) is 1. The molecule has 1 aromatic rings. The molecule has 3 N–H and O–H groups in total. The topological polar surface area (TPSA) is 64.3 Å². The van der Waals surface area contributed by atoms with Crippen LogP contribution in [0.2, 0.25) is 0 Å². The van der Waals surface area contributed by atoms with E-state index < -0.39 is 0 Å². The lowest BCUT2D eigenvalue weighted by Crippen LogP contribution is -2.45. The highest BCUT2D eigenvalue weighted by Crippen LogP contribution is 2.24. The summed E-state index contributed by atoms with van der Waals surface area (Å²) >= 11 is 0. The Morgan fingerprint density at radius 2 is 2.04 bits per heavy atom. The Kier molecular flexibility index (Phi) is 7.86. The van der Waals surface area contributed by atoms with E-state index in [-0.39, 0.29) is 23.9 Å². The zero-order chi connectivity index (χ0) is 16.0. The maximum Gasteiger partial charge on any atom is 0.220 e. The number of hydrogen-bond acceptors (Lipinski definition) is 3. The van der Waals surface area contributed by atoms with E-state index in [1.165, 1.54) is 12.8 Å². The summed E-state index contributed by atoms with van der Waals surface area (Å²) in [5.41, 5.74) is 6.62. The van der Waals surface area contributed by atoms with Gasteiger partial charge in [0.25, 0.3) is 0 Å². The van der Waals surface area contributed by atoms with Gasteiger partial charge in [-0.15, -0.1) is 12.4 Å².